The molecule has 1 aromatic carbocycles. The van der Waals surface area contributed by atoms with Gasteiger partial charge >= 0.3 is 0 Å². The fourth-order valence-electron chi connectivity index (χ4n) is 4.04. The predicted octanol–water partition coefficient (Wildman–Crippen LogP) is 1.33. The van der Waals surface area contributed by atoms with Crippen LogP contribution in [0.5, 0.6) is 5.88 Å². The summed E-state index contributed by atoms with van der Waals surface area (Å²) in [6, 6.07) is 6.08. The maximum absolute atomic E-state index is 13.1. The molecule has 27 heavy (non-hydrogen) atoms. The molecule has 0 radical (unpaired) electrons. The molecule has 1 spiro atoms. The fraction of sp³-hybridized carbons (Fsp3) is 0.421. The molecule has 2 N–H and O–H groups in total. The van der Waals surface area contributed by atoms with Gasteiger partial charge in [0.05, 0.1) is 19.8 Å². The van der Waals surface area contributed by atoms with E-state index in [1.54, 1.807) is 4.90 Å². The van der Waals surface area contributed by atoms with E-state index >= 15 is 0 Å². The first-order chi connectivity index (χ1) is 13.2. The number of aryl methyl sites for hydroxylation is 1. The fourth-order valence-corrected chi connectivity index (χ4v) is 4.04. The summed E-state index contributed by atoms with van der Waals surface area (Å²) in [5.74, 6) is -0.334. The quantitative estimate of drug-likeness (QED) is 0.810. The molecule has 140 valence electrons. The van der Waals surface area contributed by atoms with E-state index in [2.05, 4.69) is 22.1 Å². The number of amides is 1. The van der Waals surface area contributed by atoms with Crippen molar-refractivity contribution in [3.05, 3.63) is 41.2 Å². The number of benzene rings is 1. The maximum Gasteiger partial charge on any atom is 0.267 e. The van der Waals surface area contributed by atoms with Crippen molar-refractivity contribution >= 4 is 17.4 Å². The molecule has 1 saturated heterocycles. The third kappa shape index (κ3) is 2.72. The number of carbonyl (C=O) groups is 1. The molecular weight excluding hydrogens is 348 g/mol. The minimum atomic E-state index is -0.467. The molecule has 1 amide bonds. The maximum atomic E-state index is 13.1. The lowest BCUT2D eigenvalue weighted by molar-refractivity contribution is -0.163. The number of aromatic nitrogens is 2. The van der Waals surface area contributed by atoms with E-state index < -0.39 is 5.79 Å². The lowest BCUT2D eigenvalue weighted by Gasteiger charge is -2.33. The number of fused-ring (bicyclic) bond motifs is 2. The van der Waals surface area contributed by atoms with E-state index in [1.807, 2.05) is 6.07 Å². The Hall–Kier alpha value is -2.71. The van der Waals surface area contributed by atoms with Crippen LogP contribution in [0.2, 0.25) is 0 Å². The lowest BCUT2D eigenvalue weighted by atomic mass is 9.87. The van der Waals surface area contributed by atoms with Crippen molar-refractivity contribution in [2.45, 2.75) is 25.0 Å². The van der Waals surface area contributed by atoms with Crippen LogP contribution < -0.4 is 15.4 Å². The van der Waals surface area contributed by atoms with E-state index in [1.165, 1.54) is 17.5 Å². The van der Waals surface area contributed by atoms with Gasteiger partial charge in [-0.15, -0.1) is 0 Å². The highest BCUT2D eigenvalue weighted by atomic mass is 16.7. The third-order valence-electron chi connectivity index (χ3n) is 5.40. The van der Waals surface area contributed by atoms with Gasteiger partial charge in [-0.25, -0.2) is 9.97 Å². The summed E-state index contributed by atoms with van der Waals surface area (Å²) in [5, 5.41) is 0. The van der Waals surface area contributed by atoms with Crippen LogP contribution in [0.25, 0.3) is 0 Å². The third-order valence-corrected chi connectivity index (χ3v) is 5.40. The van der Waals surface area contributed by atoms with E-state index in [9.17, 15) is 4.79 Å². The van der Waals surface area contributed by atoms with Crippen molar-refractivity contribution in [2.75, 3.05) is 37.0 Å². The molecule has 8 nitrogen and oxygen atoms in total. The number of carbonyl (C=O) groups excluding carboxylic acids is 1. The smallest absolute Gasteiger partial charge is 0.267 e. The van der Waals surface area contributed by atoms with Gasteiger partial charge in [0.25, 0.3) is 5.91 Å². The van der Waals surface area contributed by atoms with Crippen LogP contribution in [0.1, 0.15) is 27.9 Å². The van der Waals surface area contributed by atoms with Crippen molar-refractivity contribution in [1.29, 1.82) is 0 Å². The normalized spacial score (nSPS) is 20.7. The van der Waals surface area contributed by atoms with E-state index in [0.29, 0.717) is 26.4 Å². The molecule has 1 aliphatic carbocycles. The molecule has 3 heterocycles. The molecule has 1 fully saturated rings. The van der Waals surface area contributed by atoms with Crippen LogP contribution in [0.3, 0.4) is 0 Å². The summed E-state index contributed by atoms with van der Waals surface area (Å²) in [7, 11) is 0. The number of nitrogens with zero attached hydrogens (tertiary/aromatic N) is 3. The lowest BCUT2D eigenvalue weighted by Crippen LogP contribution is -2.37. The standard InChI is InChI=1S/C19H20N4O4/c20-16-15-17(22-11-21-16)25-6-5-23(18(15)24)14-2-1-13-10-19(26-7-8-27-19)4-3-12(13)9-14/h1-2,9,11H,3-8,10H2,(H2,20,21,22). The van der Waals surface area contributed by atoms with Gasteiger partial charge in [0, 0.05) is 18.5 Å². The summed E-state index contributed by atoms with van der Waals surface area (Å²) in [6.07, 6.45) is 3.72. The number of nitrogens with two attached hydrogens (primary N) is 1. The average Bonchev–Trinajstić information content (AvgIpc) is 3.04. The highest BCUT2D eigenvalue weighted by molar-refractivity contribution is 6.10. The molecule has 5 rings (SSSR count). The average molecular weight is 368 g/mol. The second kappa shape index (κ2) is 6.17. The molecule has 0 atom stereocenters. The number of hydrogen-bond acceptors (Lipinski definition) is 7. The molecule has 0 bridgehead atoms. The highest BCUT2D eigenvalue weighted by Crippen LogP contribution is 2.37. The SMILES string of the molecule is Nc1ncnc2c1C(=O)N(c1ccc3c(c1)CCC1(C3)OCCO1)CCO2. The summed E-state index contributed by atoms with van der Waals surface area (Å²) in [5.41, 5.74) is 9.37. The van der Waals surface area contributed by atoms with E-state index in [4.69, 9.17) is 19.9 Å². The Labute approximate surface area is 156 Å². The zero-order valence-electron chi connectivity index (χ0n) is 14.8. The number of nitrogen functional groups attached to an aromatic ring is 1. The largest absolute Gasteiger partial charge is 0.475 e. The Morgan fingerprint density at radius 3 is 2.81 bits per heavy atom. The molecule has 3 aliphatic rings. The van der Waals surface area contributed by atoms with Gasteiger partial charge in [0.1, 0.15) is 24.3 Å². The van der Waals surface area contributed by atoms with Crippen molar-refractivity contribution in [3.8, 4) is 5.88 Å². The Balaban J connectivity index is 1.47. The van der Waals surface area contributed by atoms with Gasteiger partial charge in [0.2, 0.25) is 5.88 Å². The Morgan fingerprint density at radius 2 is 1.96 bits per heavy atom. The zero-order valence-corrected chi connectivity index (χ0v) is 14.8. The number of hydrogen-bond donors (Lipinski definition) is 1. The zero-order chi connectivity index (χ0) is 18.4. The van der Waals surface area contributed by atoms with Crippen LogP contribution >= 0.6 is 0 Å². The van der Waals surface area contributed by atoms with Gasteiger partial charge in [-0.05, 0) is 29.7 Å². The monoisotopic (exact) mass is 368 g/mol. The van der Waals surface area contributed by atoms with Crippen molar-refractivity contribution in [1.82, 2.24) is 9.97 Å². The number of rotatable bonds is 1. The Morgan fingerprint density at radius 1 is 1.11 bits per heavy atom. The first-order valence-corrected chi connectivity index (χ1v) is 9.10. The number of ether oxygens (including phenoxy) is 3. The topological polar surface area (TPSA) is 99.8 Å². The highest BCUT2D eigenvalue weighted by Gasteiger charge is 2.40. The Bertz CT molecular complexity index is 911. The second-order valence-corrected chi connectivity index (χ2v) is 6.98. The van der Waals surface area contributed by atoms with Gasteiger partial charge < -0.3 is 24.8 Å². The molecule has 2 aliphatic heterocycles. The van der Waals surface area contributed by atoms with E-state index in [-0.39, 0.29) is 23.2 Å². The molecule has 8 heteroatoms. The molecule has 2 aromatic rings. The van der Waals surface area contributed by atoms with Crippen LogP contribution in [0, 0.1) is 0 Å². The van der Waals surface area contributed by atoms with Gasteiger partial charge in [-0.3, -0.25) is 4.79 Å². The predicted molar refractivity (Wildman–Crippen MR) is 96.7 cm³/mol. The van der Waals surface area contributed by atoms with E-state index in [0.717, 1.165) is 24.9 Å². The summed E-state index contributed by atoms with van der Waals surface area (Å²) in [6.45, 7) is 2.07. The Kier molecular flexibility index (Phi) is 3.76. The number of anilines is 2. The van der Waals surface area contributed by atoms with Gasteiger partial charge in [-0.1, -0.05) is 6.07 Å². The van der Waals surface area contributed by atoms with Crippen LogP contribution in [-0.4, -0.2) is 48.0 Å². The first kappa shape index (κ1) is 16.5. The second-order valence-electron chi connectivity index (χ2n) is 6.98. The van der Waals surface area contributed by atoms with Gasteiger partial charge in [-0.2, -0.15) is 0 Å². The van der Waals surface area contributed by atoms with Crippen molar-refractivity contribution in [3.63, 3.8) is 0 Å². The summed E-state index contributed by atoms with van der Waals surface area (Å²) in [4.78, 5) is 22.7. The van der Waals surface area contributed by atoms with Crippen LogP contribution in [-0.2, 0) is 22.3 Å². The molecule has 0 saturated carbocycles. The summed E-state index contributed by atoms with van der Waals surface area (Å²) >= 11 is 0. The summed E-state index contributed by atoms with van der Waals surface area (Å²) < 4.78 is 17.3. The minimum Gasteiger partial charge on any atom is -0.475 e. The molecule has 1 aromatic heterocycles. The van der Waals surface area contributed by atoms with Crippen molar-refractivity contribution < 1.29 is 19.0 Å². The first-order valence-electron chi connectivity index (χ1n) is 9.10. The van der Waals surface area contributed by atoms with Crippen LogP contribution in [0.4, 0.5) is 11.5 Å². The molecular formula is C19H20N4O4. The minimum absolute atomic E-state index is 0.132. The van der Waals surface area contributed by atoms with Crippen LogP contribution in [0.15, 0.2) is 24.5 Å². The van der Waals surface area contributed by atoms with Gasteiger partial charge in [0.15, 0.2) is 5.79 Å². The van der Waals surface area contributed by atoms with Crippen molar-refractivity contribution in [2.24, 2.45) is 0 Å². The molecule has 0 unspecified atom stereocenters.